The van der Waals surface area contributed by atoms with E-state index in [0.29, 0.717) is 5.56 Å². The smallest absolute Gasteiger partial charge is 0.396 e. The van der Waals surface area contributed by atoms with Crippen LogP contribution in [0.25, 0.3) is 11.1 Å². The van der Waals surface area contributed by atoms with Crippen LogP contribution in [-0.2, 0) is 18.9 Å². The van der Waals surface area contributed by atoms with Gasteiger partial charge >= 0.3 is 18.4 Å². The number of hydrogen-bond donors (Lipinski definition) is 1. The van der Waals surface area contributed by atoms with Gasteiger partial charge in [-0.1, -0.05) is 56.3 Å². The summed E-state index contributed by atoms with van der Waals surface area (Å²) in [6, 6.07) is 11.8. The number of benzene rings is 2. The standard InChI is InChI=1S/C27H28F6N2O3/c1-17-21(19-10-12-20(13-11-19)26(28,29)30)23(38-24(37)34(4)15-25(2,3)16-36)35(22(17)27(31,32)33)14-18-8-6-5-7-9-18/h5-13,36H,14-16H2,1-4H3. The zero-order valence-corrected chi connectivity index (χ0v) is 21.2. The molecule has 0 saturated carbocycles. The molecule has 3 rings (SSSR count). The number of amides is 1. The Morgan fingerprint density at radius 2 is 1.53 bits per heavy atom. The van der Waals surface area contributed by atoms with E-state index in [4.69, 9.17) is 4.74 Å². The molecular formula is C27H28F6N2O3. The van der Waals surface area contributed by atoms with Gasteiger partial charge in [-0.05, 0) is 35.7 Å². The minimum atomic E-state index is -4.87. The highest BCUT2D eigenvalue weighted by Gasteiger charge is 2.41. The molecule has 1 heterocycles. The Kier molecular flexibility index (Phi) is 8.21. The topological polar surface area (TPSA) is 54.7 Å². The normalized spacial score (nSPS) is 12.5. The lowest BCUT2D eigenvalue weighted by molar-refractivity contribution is -0.144. The molecule has 0 unspecified atom stereocenters. The van der Waals surface area contributed by atoms with Crippen molar-refractivity contribution in [2.45, 2.75) is 39.7 Å². The second kappa shape index (κ2) is 10.7. The first kappa shape index (κ1) is 29.1. The molecular weight excluding hydrogens is 514 g/mol. The van der Waals surface area contributed by atoms with Crippen LogP contribution in [0.5, 0.6) is 5.88 Å². The van der Waals surface area contributed by atoms with Gasteiger partial charge in [0, 0.05) is 31.2 Å². The molecule has 0 atom stereocenters. The highest BCUT2D eigenvalue weighted by Crippen LogP contribution is 2.45. The van der Waals surface area contributed by atoms with Crippen LogP contribution in [0.1, 0.15) is 36.2 Å². The summed E-state index contributed by atoms with van der Waals surface area (Å²) < 4.78 is 88.8. The number of nitrogens with zero attached hydrogens (tertiary/aromatic N) is 2. The van der Waals surface area contributed by atoms with Crippen molar-refractivity contribution in [2.75, 3.05) is 20.2 Å². The van der Waals surface area contributed by atoms with Crippen molar-refractivity contribution >= 4 is 6.09 Å². The highest BCUT2D eigenvalue weighted by molar-refractivity contribution is 5.79. The van der Waals surface area contributed by atoms with E-state index in [2.05, 4.69) is 0 Å². The lowest BCUT2D eigenvalue weighted by Crippen LogP contribution is -2.39. The maximum absolute atomic E-state index is 14.4. The summed E-state index contributed by atoms with van der Waals surface area (Å²) in [5.74, 6) is -0.447. The van der Waals surface area contributed by atoms with E-state index in [1.165, 1.54) is 14.0 Å². The van der Waals surface area contributed by atoms with E-state index >= 15 is 0 Å². The van der Waals surface area contributed by atoms with Crippen LogP contribution in [0.2, 0.25) is 0 Å². The molecule has 0 aliphatic carbocycles. The van der Waals surface area contributed by atoms with Crippen molar-refractivity contribution in [1.82, 2.24) is 9.47 Å². The fraction of sp³-hybridized carbons (Fsp3) is 0.370. The Balaban J connectivity index is 2.21. The van der Waals surface area contributed by atoms with E-state index in [1.807, 2.05) is 0 Å². The summed E-state index contributed by atoms with van der Waals surface area (Å²) in [7, 11) is 1.37. The van der Waals surface area contributed by atoms with Crippen LogP contribution in [0, 0.1) is 12.3 Å². The molecule has 0 aliphatic rings. The molecule has 5 nitrogen and oxygen atoms in total. The number of hydrogen-bond acceptors (Lipinski definition) is 3. The van der Waals surface area contributed by atoms with Crippen LogP contribution < -0.4 is 4.74 Å². The molecule has 2 aromatic carbocycles. The highest BCUT2D eigenvalue weighted by atomic mass is 19.4. The summed E-state index contributed by atoms with van der Waals surface area (Å²) in [6.07, 6.45) is -10.5. The van der Waals surface area contributed by atoms with Gasteiger partial charge in [-0.25, -0.2) is 4.79 Å². The van der Waals surface area contributed by atoms with Crippen LogP contribution >= 0.6 is 0 Å². The molecule has 1 aromatic heterocycles. The average Bonchev–Trinajstić information content (AvgIpc) is 3.09. The minimum Gasteiger partial charge on any atom is -0.396 e. The summed E-state index contributed by atoms with van der Waals surface area (Å²) in [5, 5.41) is 9.54. The van der Waals surface area contributed by atoms with Gasteiger partial charge in [0.2, 0.25) is 5.88 Å². The zero-order valence-electron chi connectivity index (χ0n) is 21.2. The van der Waals surface area contributed by atoms with Gasteiger partial charge in [0.05, 0.1) is 12.1 Å². The molecule has 3 aromatic rings. The Morgan fingerprint density at radius 1 is 0.947 bits per heavy atom. The quantitative estimate of drug-likeness (QED) is 0.327. The number of aliphatic hydroxyl groups is 1. The van der Waals surface area contributed by atoms with E-state index in [9.17, 15) is 36.2 Å². The molecule has 1 amide bonds. The molecule has 38 heavy (non-hydrogen) atoms. The van der Waals surface area contributed by atoms with Crippen molar-refractivity contribution in [2.24, 2.45) is 5.41 Å². The summed E-state index contributed by atoms with van der Waals surface area (Å²) in [5.41, 5.74) is -2.71. The van der Waals surface area contributed by atoms with Gasteiger partial charge < -0.3 is 19.3 Å². The van der Waals surface area contributed by atoms with Crippen LogP contribution in [0.4, 0.5) is 31.1 Å². The summed E-state index contributed by atoms with van der Waals surface area (Å²) in [4.78, 5) is 14.1. The first-order valence-corrected chi connectivity index (χ1v) is 11.6. The van der Waals surface area contributed by atoms with Crippen LogP contribution in [0.3, 0.4) is 0 Å². The molecule has 0 saturated heterocycles. The predicted octanol–water partition coefficient (Wildman–Crippen LogP) is 7.00. The number of aromatic nitrogens is 1. The lowest BCUT2D eigenvalue weighted by atomic mass is 9.94. The second-order valence-electron chi connectivity index (χ2n) is 9.84. The van der Waals surface area contributed by atoms with E-state index < -0.39 is 41.0 Å². The third kappa shape index (κ3) is 6.50. The third-order valence-electron chi connectivity index (χ3n) is 6.00. The Morgan fingerprint density at radius 3 is 2.03 bits per heavy atom. The molecule has 0 aliphatic heterocycles. The van der Waals surface area contributed by atoms with E-state index in [0.717, 1.165) is 33.7 Å². The molecule has 0 fully saturated rings. The van der Waals surface area contributed by atoms with Crippen LogP contribution in [0.15, 0.2) is 54.6 Å². The maximum atomic E-state index is 14.4. The van der Waals surface area contributed by atoms with Crippen molar-refractivity contribution in [3.63, 3.8) is 0 Å². The Labute approximate surface area is 216 Å². The number of ether oxygens (including phenoxy) is 1. The van der Waals surface area contributed by atoms with Crippen molar-refractivity contribution in [3.05, 3.63) is 77.0 Å². The van der Waals surface area contributed by atoms with Gasteiger partial charge in [-0.2, -0.15) is 26.3 Å². The molecule has 206 valence electrons. The summed E-state index contributed by atoms with van der Waals surface area (Å²) >= 11 is 0. The minimum absolute atomic E-state index is 0.0222. The molecule has 0 radical (unpaired) electrons. The van der Waals surface area contributed by atoms with E-state index in [1.54, 1.807) is 44.2 Å². The van der Waals surface area contributed by atoms with Gasteiger partial charge in [0.1, 0.15) is 5.69 Å². The summed E-state index contributed by atoms with van der Waals surface area (Å²) in [6.45, 7) is 4.02. The van der Waals surface area contributed by atoms with Crippen molar-refractivity contribution < 1.29 is 41.0 Å². The first-order chi connectivity index (χ1) is 17.5. The molecule has 0 spiro atoms. The fourth-order valence-corrected chi connectivity index (χ4v) is 4.19. The van der Waals surface area contributed by atoms with Gasteiger partial charge in [-0.3, -0.25) is 0 Å². The first-order valence-electron chi connectivity index (χ1n) is 11.6. The molecule has 0 bridgehead atoms. The number of aliphatic hydroxyl groups excluding tert-OH is 1. The number of carbonyl (C=O) groups is 1. The van der Waals surface area contributed by atoms with Crippen LogP contribution in [-0.4, -0.2) is 40.9 Å². The van der Waals surface area contributed by atoms with Gasteiger partial charge in [0.25, 0.3) is 0 Å². The lowest BCUT2D eigenvalue weighted by Gasteiger charge is -2.28. The number of alkyl halides is 6. The van der Waals surface area contributed by atoms with Gasteiger partial charge in [-0.15, -0.1) is 0 Å². The Bertz CT molecular complexity index is 1260. The van der Waals surface area contributed by atoms with Crippen molar-refractivity contribution in [1.29, 1.82) is 0 Å². The largest absolute Gasteiger partial charge is 0.431 e. The molecule has 11 heteroatoms. The monoisotopic (exact) mass is 542 g/mol. The number of halogens is 6. The van der Waals surface area contributed by atoms with Gasteiger partial charge in [0.15, 0.2) is 0 Å². The third-order valence-corrected chi connectivity index (χ3v) is 6.00. The average molecular weight is 543 g/mol. The Hall–Kier alpha value is -3.47. The maximum Gasteiger partial charge on any atom is 0.431 e. The number of carbonyl (C=O) groups excluding carboxylic acids is 1. The second-order valence-corrected chi connectivity index (χ2v) is 9.84. The predicted molar refractivity (Wildman–Crippen MR) is 130 cm³/mol. The molecule has 1 N–H and O–H groups in total. The SMILES string of the molecule is Cc1c(-c2ccc(C(F)(F)F)cc2)c(OC(=O)N(C)CC(C)(C)CO)n(Cc2ccccc2)c1C(F)(F)F. The number of rotatable bonds is 7. The van der Waals surface area contributed by atoms with E-state index in [-0.39, 0.29) is 36.4 Å². The van der Waals surface area contributed by atoms with Crippen molar-refractivity contribution in [3.8, 4) is 17.0 Å². The zero-order chi connectivity index (χ0) is 28.5. The fourth-order valence-electron chi connectivity index (χ4n) is 4.19.